The van der Waals surface area contributed by atoms with Crippen LogP contribution in [0.3, 0.4) is 0 Å². The molecule has 2 N–H and O–H groups in total. The van der Waals surface area contributed by atoms with Crippen LogP contribution in [0.1, 0.15) is 48.2 Å². The monoisotopic (exact) mass is 417 g/mol. The van der Waals surface area contributed by atoms with Gasteiger partial charge in [0.05, 0.1) is 19.3 Å². The van der Waals surface area contributed by atoms with Crippen LogP contribution >= 0.6 is 11.6 Å². The molecule has 0 aliphatic carbocycles. The number of likely N-dealkylation sites (tertiary alicyclic amines) is 1. The fraction of sp³-hybridized carbons (Fsp3) is 0.478. The minimum absolute atomic E-state index is 0.357. The Morgan fingerprint density at radius 1 is 1.28 bits per heavy atom. The quantitative estimate of drug-likeness (QED) is 0.786. The van der Waals surface area contributed by atoms with Gasteiger partial charge in [-0.15, -0.1) is 0 Å². The van der Waals surface area contributed by atoms with Gasteiger partial charge in [0.2, 0.25) is 0 Å². The van der Waals surface area contributed by atoms with E-state index in [4.69, 9.17) is 21.1 Å². The van der Waals surface area contributed by atoms with E-state index in [1.807, 2.05) is 43.3 Å². The van der Waals surface area contributed by atoms with Gasteiger partial charge in [0, 0.05) is 36.6 Å². The summed E-state index contributed by atoms with van der Waals surface area (Å²) in [4.78, 5) is 2.26. The van der Waals surface area contributed by atoms with Gasteiger partial charge in [-0.3, -0.25) is 0 Å². The van der Waals surface area contributed by atoms with Crippen molar-refractivity contribution in [2.24, 2.45) is 0 Å². The highest BCUT2D eigenvalue weighted by Gasteiger charge is 2.43. The first-order valence-electron chi connectivity index (χ1n) is 10.1. The van der Waals surface area contributed by atoms with Gasteiger partial charge in [-0.05, 0) is 55.2 Å². The van der Waals surface area contributed by atoms with Crippen LogP contribution in [0, 0.1) is 6.92 Å². The summed E-state index contributed by atoms with van der Waals surface area (Å²) in [5.74, 6) is 1.49. The van der Waals surface area contributed by atoms with Gasteiger partial charge in [0.1, 0.15) is 17.1 Å². The van der Waals surface area contributed by atoms with Gasteiger partial charge in [-0.25, -0.2) is 0 Å². The van der Waals surface area contributed by atoms with E-state index in [0.29, 0.717) is 18.0 Å². The second-order valence-electron chi connectivity index (χ2n) is 8.24. The molecule has 0 bridgehead atoms. The number of aliphatic hydroxyl groups is 2. The molecule has 2 aromatic carbocycles. The topological polar surface area (TPSA) is 62.2 Å². The van der Waals surface area contributed by atoms with Gasteiger partial charge >= 0.3 is 0 Å². The molecule has 1 fully saturated rings. The fourth-order valence-electron chi connectivity index (χ4n) is 4.40. The highest BCUT2D eigenvalue weighted by molar-refractivity contribution is 6.31. The summed E-state index contributed by atoms with van der Waals surface area (Å²) in [6.07, 6.45) is 1.07. The molecule has 1 spiro atoms. The van der Waals surface area contributed by atoms with Crippen LogP contribution in [0.4, 0.5) is 0 Å². The average Bonchev–Trinajstić information content (AvgIpc) is 2.71. The van der Waals surface area contributed by atoms with Crippen LogP contribution in [-0.4, -0.2) is 47.5 Å². The highest BCUT2D eigenvalue weighted by Crippen LogP contribution is 2.45. The third-order valence-corrected chi connectivity index (χ3v) is 6.63. The molecule has 0 amide bonds. The van der Waals surface area contributed by atoms with Crippen LogP contribution < -0.4 is 9.47 Å². The van der Waals surface area contributed by atoms with E-state index >= 15 is 0 Å². The van der Waals surface area contributed by atoms with E-state index < -0.39 is 12.2 Å². The van der Waals surface area contributed by atoms with E-state index in [2.05, 4.69) is 4.90 Å². The van der Waals surface area contributed by atoms with Crippen molar-refractivity contribution >= 4 is 11.6 Å². The maximum Gasteiger partial charge on any atom is 0.126 e. The number of rotatable bonds is 4. The summed E-state index contributed by atoms with van der Waals surface area (Å²) in [7, 11) is 1.63. The van der Waals surface area contributed by atoms with Crippen LogP contribution in [-0.2, 0) is 0 Å². The molecule has 1 saturated heterocycles. The summed E-state index contributed by atoms with van der Waals surface area (Å²) >= 11 is 6.22. The Labute approximate surface area is 176 Å². The van der Waals surface area contributed by atoms with Gasteiger partial charge in [-0.2, -0.15) is 0 Å². The SMILES string of the molecule is COc1cccc(C(O)CN2CCC3(CC2)CC(O)c2cc(Cl)c(C)cc2O3)c1. The molecule has 156 valence electrons. The summed E-state index contributed by atoms with van der Waals surface area (Å²) in [6, 6.07) is 11.3. The lowest BCUT2D eigenvalue weighted by molar-refractivity contribution is -0.0588. The molecule has 2 aromatic rings. The molecule has 2 atom stereocenters. The number of benzene rings is 2. The Bertz CT molecular complexity index is 879. The Morgan fingerprint density at radius 2 is 2.03 bits per heavy atom. The van der Waals surface area contributed by atoms with Gasteiger partial charge in [0.25, 0.3) is 0 Å². The minimum atomic E-state index is -0.567. The molecule has 0 saturated carbocycles. The number of β-amino-alcohol motifs (C(OH)–C–C–N with tert-alkyl or cyclic N) is 1. The van der Waals surface area contributed by atoms with Crippen LogP contribution in [0.5, 0.6) is 11.5 Å². The van der Waals surface area contributed by atoms with E-state index in [-0.39, 0.29) is 5.60 Å². The fourth-order valence-corrected chi connectivity index (χ4v) is 4.58. The first kappa shape index (κ1) is 20.5. The Kier molecular flexibility index (Phi) is 5.76. The molecule has 2 heterocycles. The number of aliphatic hydroxyl groups excluding tert-OH is 2. The molecule has 2 aliphatic heterocycles. The lowest BCUT2D eigenvalue weighted by atomic mass is 9.81. The largest absolute Gasteiger partial charge is 0.497 e. The Balaban J connectivity index is 1.40. The number of hydrogen-bond acceptors (Lipinski definition) is 5. The van der Waals surface area contributed by atoms with Gasteiger partial charge < -0.3 is 24.6 Å². The molecule has 4 rings (SSSR count). The predicted molar refractivity (Wildman–Crippen MR) is 113 cm³/mol. The van der Waals surface area contributed by atoms with Crippen molar-refractivity contribution in [3.8, 4) is 11.5 Å². The summed E-state index contributed by atoms with van der Waals surface area (Å²) in [5.41, 5.74) is 2.23. The van der Waals surface area contributed by atoms with Crippen LogP contribution in [0.15, 0.2) is 36.4 Å². The van der Waals surface area contributed by atoms with Gasteiger partial charge in [0.15, 0.2) is 0 Å². The van der Waals surface area contributed by atoms with E-state index in [1.165, 1.54) is 0 Å². The number of fused-ring (bicyclic) bond motifs is 1. The lowest BCUT2D eigenvalue weighted by Crippen LogP contribution is -2.51. The third kappa shape index (κ3) is 4.24. The predicted octanol–water partition coefficient (Wildman–Crippen LogP) is 4.04. The van der Waals surface area contributed by atoms with Crippen molar-refractivity contribution < 1.29 is 19.7 Å². The second kappa shape index (κ2) is 8.15. The zero-order valence-corrected chi connectivity index (χ0v) is 17.7. The molecular weight excluding hydrogens is 390 g/mol. The van der Waals surface area contributed by atoms with Crippen molar-refractivity contribution in [3.05, 3.63) is 58.1 Å². The van der Waals surface area contributed by atoms with Crippen LogP contribution in [0.2, 0.25) is 5.02 Å². The minimum Gasteiger partial charge on any atom is -0.497 e. The number of methoxy groups -OCH3 is 1. The van der Waals surface area contributed by atoms with Crippen molar-refractivity contribution in [1.82, 2.24) is 4.90 Å². The average molecular weight is 418 g/mol. The maximum absolute atomic E-state index is 10.7. The van der Waals surface area contributed by atoms with E-state index in [9.17, 15) is 10.2 Å². The molecule has 5 nitrogen and oxygen atoms in total. The first-order valence-corrected chi connectivity index (χ1v) is 10.5. The van der Waals surface area contributed by atoms with Crippen molar-refractivity contribution in [3.63, 3.8) is 0 Å². The van der Waals surface area contributed by atoms with Crippen molar-refractivity contribution in [1.29, 1.82) is 0 Å². The molecule has 29 heavy (non-hydrogen) atoms. The molecule has 2 unspecified atom stereocenters. The number of nitrogens with zero attached hydrogens (tertiary/aromatic N) is 1. The van der Waals surface area contributed by atoms with E-state index in [1.54, 1.807) is 7.11 Å². The zero-order valence-electron chi connectivity index (χ0n) is 16.9. The molecule has 6 heteroatoms. The summed E-state index contributed by atoms with van der Waals surface area (Å²) < 4.78 is 11.7. The third-order valence-electron chi connectivity index (χ3n) is 6.22. The summed E-state index contributed by atoms with van der Waals surface area (Å²) in [5, 5.41) is 22.0. The van der Waals surface area contributed by atoms with E-state index in [0.717, 1.165) is 54.1 Å². The summed E-state index contributed by atoms with van der Waals surface area (Å²) in [6.45, 7) is 4.14. The molecule has 0 radical (unpaired) electrons. The first-order chi connectivity index (χ1) is 13.9. The van der Waals surface area contributed by atoms with Crippen molar-refractivity contribution in [2.75, 3.05) is 26.7 Å². The number of ether oxygens (including phenoxy) is 2. The molecular formula is C23H28ClNO4. The normalized spacial score (nSPS) is 22.0. The smallest absolute Gasteiger partial charge is 0.126 e. The second-order valence-corrected chi connectivity index (χ2v) is 8.64. The maximum atomic E-state index is 10.7. The number of halogens is 1. The highest BCUT2D eigenvalue weighted by atomic mass is 35.5. The number of piperidine rings is 1. The molecule has 2 aliphatic rings. The lowest BCUT2D eigenvalue weighted by Gasteiger charge is -2.46. The number of hydrogen-bond donors (Lipinski definition) is 2. The zero-order chi connectivity index (χ0) is 20.6. The van der Waals surface area contributed by atoms with Crippen LogP contribution in [0.25, 0.3) is 0 Å². The molecule has 0 aromatic heterocycles. The standard InChI is InChI=1S/C23H28ClNO4/c1-15-10-22-18(12-19(15)24)20(26)13-23(29-22)6-8-25(9-7-23)14-21(27)16-4-3-5-17(11-16)28-2/h3-5,10-12,20-21,26-27H,6-9,13-14H2,1-2H3. The Morgan fingerprint density at radius 3 is 2.76 bits per heavy atom. The number of aryl methyl sites for hydroxylation is 1. The Hall–Kier alpha value is -1.79. The van der Waals surface area contributed by atoms with Gasteiger partial charge in [-0.1, -0.05) is 23.7 Å². The van der Waals surface area contributed by atoms with Crippen molar-refractivity contribution in [2.45, 2.75) is 44.0 Å².